The van der Waals surface area contributed by atoms with E-state index in [1.807, 2.05) is 51.1 Å². The fourth-order valence-corrected chi connectivity index (χ4v) is 3.83. The molecule has 1 fully saturated rings. The van der Waals surface area contributed by atoms with Crippen molar-refractivity contribution in [3.63, 3.8) is 0 Å². The van der Waals surface area contributed by atoms with E-state index in [1.165, 1.54) is 0 Å². The molecule has 2 aromatic rings. The Hall–Kier alpha value is -3.26. The lowest BCUT2D eigenvalue weighted by atomic mass is 9.95. The molecule has 0 aromatic heterocycles. The monoisotopic (exact) mass is 468 g/mol. The van der Waals surface area contributed by atoms with Gasteiger partial charge in [-0.25, -0.2) is 0 Å². The van der Waals surface area contributed by atoms with Gasteiger partial charge in [-0.1, -0.05) is 32.9 Å². The number of ether oxygens (including phenoxy) is 2. The van der Waals surface area contributed by atoms with Gasteiger partial charge in [0, 0.05) is 56.6 Å². The summed E-state index contributed by atoms with van der Waals surface area (Å²) in [5.74, 6) is 0.565. The number of anilines is 3. The van der Waals surface area contributed by atoms with Crippen molar-refractivity contribution < 1.29 is 19.1 Å². The number of carbonyl (C=O) groups excluding carboxylic acids is 2. The number of nitrogens with one attached hydrogen (secondary N) is 2. The first-order valence-corrected chi connectivity index (χ1v) is 11.6. The predicted octanol–water partition coefficient (Wildman–Crippen LogP) is 3.38. The van der Waals surface area contributed by atoms with Gasteiger partial charge in [0.2, 0.25) is 5.91 Å². The van der Waals surface area contributed by atoms with Gasteiger partial charge in [-0.15, -0.1) is 0 Å². The molecule has 0 saturated carbocycles. The molecule has 0 radical (unpaired) electrons. The molecular formula is C26H36N4O4. The Bertz CT molecular complexity index is 995. The van der Waals surface area contributed by atoms with Crippen LogP contribution in [0.2, 0.25) is 0 Å². The lowest BCUT2D eigenvalue weighted by molar-refractivity contribution is -0.123. The van der Waals surface area contributed by atoms with Crippen LogP contribution >= 0.6 is 0 Å². The minimum Gasteiger partial charge on any atom is -0.495 e. The molecule has 2 N–H and O–H groups in total. The summed E-state index contributed by atoms with van der Waals surface area (Å²) in [6.07, 6.45) is 0. The van der Waals surface area contributed by atoms with Gasteiger partial charge in [0.25, 0.3) is 5.91 Å². The Kier molecular flexibility index (Phi) is 8.39. The van der Waals surface area contributed by atoms with Gasteiger partial charge in [0.1, 0.15) is 5.75 Å². The second-order valence-corrected chi connectivity index (χ2v) is 9.33. The van der Waals surface area contributed by atoms with E-state index in [1.54, 1.807) is 20.3 Å². The first kappa shape index (κ1) is 25.4. The quantitative estimate of drug-likeness (QED) is 0.578. The summed E-state index contributed by atoms with van der Waals surface area (Å²) >= 11 is 0. The molecule has 34 heavy (non-hydrogen) atoms. The Labute approximate surface area is 202 Å². The topological polar surface area (TPSA) is 83.1 Å². The molecule has 1 saturated heterocycles. The average Bonchev–Trinajstić information content (AvgIpc) is 2.83. The number of hydrogen-bond acceptors (Lipinski definition) is 6. The van der Waals surface area contributed by atoms with Crippen molar-refractivity contribution in [1.29, 1.82) is 0 Å². The van der Waals surface area contributed by atoms with Gasteiger partial charge in [-0.2, -0.15) is 0 Å². The Balaban J connectivity index is 1.80. The molecule has 2 amide bonds. The zero-order valence-corrected chi connectivity index (χ0v) is 20.8. The molecule has 8 nitrogen and oxygen atoms in total. The third kappa shape index (κ3) is 6.20. The number of benzene rings is 2. The minimum absolute atomic E-state index is 0.101. The Morgan fingerprint density at radius 1 is 0.941 bits per heavy atom. The zero-order valence-electron chi connectivity index (χ0n) is 20.8. The molecule has 3 rings (SSSR count). The predicted molar refractivity (Wildman–Crippen MR) is 136 cm³/mol. The van der Waals surface area contributed by atoms with E-state index in [2.05, 4.69) is 26.5 Å². The van der Waals surface area contributed by atoms with Crippen molar-refractivity contribution in [3.8, 4) is 5.75 Å². The number of para-hydroxylation sites is 2. The maximum atomic E-state index is 13.1. The van der Waals surface area contributed by atoms with Crippen LogP contribution in [0.25, 0.3) is 0 Å². The molecule has 0 spiro atoms. The standard InChI is InChI=1S/C26H36N4O4/c1-26(2,3)25(32)28-19-10-11-21(20(18-19)24(31)27-12-17-33-4)29-13-15-30(16-14-29)22-8-6-7-9-23(22)34-5/h6-11,18H,12-17H2,1-5H3,(H,27,31)(H,28,32). The smallest absolute Gasteiger partial charge is 0.253 e. The second kappa shape index (κ2) is 11.2. The van der Waals surface area contributed by atoms with Gasteiger partial charge < -0.3 is 29.9 Å². The molecular weight excluding hydrogens is 432 g/mol. The second-order valence-electron chi connectivity index (χ2n) is 9.33. The van der Waals surface area contributed by atoms with Gasteiger partial charge in [0.15, 0.2) is 0 Å². The molecule has 2 aromatic carbocycles. The summed E-state index contributed by atoms with van der Waals surface area (Å²) in [6, 6.07) is 13.5. The van der Waals surface area contributed by atoms with Gasteiger partial charge in [0.05, 0.1) is 25.0 Å². The first-order valence-electron chi connectivity index (χ1n) is 11.6. The minimum atomic E-state index is -0.533. The maximum absolute atomic E-state index is 13.1. The highest BCUT2D eigenvalue weighted by molar-refractivity contribution is 6.02. The van der Waals surface area contributed by atoms with Crippen LogP contribution < -0.4 is 25.2 Å². The lowest BCUT2D eigenvalue weighted by Gasteiger charge is -2.38. The van der Waals surface area contributed by atoms with Crippen LogP contribution in [0.5, 0.6) is 5.75 Å². The lowest BCUT2D eigenvalue weighted by Crippen LogP contribution is -2.47. The summed E-state index contributed by atoms with van der Waals surface area (Å²) in [7, 11) is 3.28. The number of carbonyl (C=O) groups is 2. The van der Waals surface area contributed by atoms with E-state index in [4.69, 9.17) is 9.47 Å². The highest BCUT2D eigenvalue weighted by Gasteiger charge is 2.25. The Morgan fingerprint density at radius 3 is 2.21 bits per heavy atom. The summed E-state index contributed by atoms with van der Waals surface area (Å²) < 4.78 is 10.6. The van der Waals surface area contributed by atoms with Crippen molar-refractivity contribution in [2.75, 3.05) is 68.7 Å². The van der Waals surface area contributed by atoms with Gasteiger partial charge >= 0.3 is 0 Å². The molecule has 1 aliphatic rings. The first-order chi connectivity index (χ1) is 16.2. The van der Waals surface area contributed by atoms with Crippen LogP contribution in [0.3, 0.4) is 0 Å². The molecule has 8 heteroatoms. The van der Waals surface area contributed by atoms with Crippen LogP contribution in [-0.4, -0.2) is 65.4 Å². The highest BCUT2D eigenvalue weighted by atomic mass is 16.5. The van der Waals surface area contributed by atoms with E-state index in [0.29, 0.717) is 24.4 Å². The largest absolute Gasteiger partial charge is 0.495 e. The fourth-order valence-electron chi connectivity index (χ4n) is 3.83. The third-order valence-electron chi connectivity index (χ3n) is 5.82. The normalized spacial score (nSPS) is 14.0. The van der Waals surface area contributed by atoms with E-state index >= 15 is 0 Å². The summed E-state index contributed by atoms with van der Waals surface area (Å²) in [4.78, 5) is 30.0. The highest BCUT2D eigenvalue weighted by Crippen LogP contribution is 2.31. The molecule has 0 aliphatic carbocycles. The van der Waals surface area contributed by atoms with E-state index in [-0.39, 0.29) is 11.8 Å². The van der Waals surface area contributed by atoms with Crippen molar-refractivity contribution in [2.45, 2.75) is 20.8 Å². The van der Waals surface area contributed by atoms with E-state index in [0.717, 1.165) is 43.3 Å². The van der Waals surface area contributed by atoms with E-state index in [9.17, 15) is 9.59 Å². The molecule has 0 atom stereocenters. The number of methoxy groups -OCH3 is 2. The molecule has 0 bridgehead atoms. The molecule has 0 unspecified atom stereocenters. The van der Waals surface area contributed by atoms with Crippen LogP contribution in [-0.2, 0) is 9.53 Å². The maximum Gasteiger partial charge on any atom is 0.253 e. The number of nitrogens with zero attached hydrogens (tertiary/aromatic N) is 2. The molecule has 1 heterocycles. The summed E-state index contributed by atoms with van der Waals surface area (Å²) in [6.45, 7) is 9.52. The summed E-state index contributed by atoms with van der Waals surface area (Å²) in [5.41, 5.74) is 2.53. The van der Waals surface area contributed by atoms with Crippen molar-refractivity contribution in [3.05, 3.63) is 48.0 Å². The molecule has 184 valence electrons. The SMILES string of the molecule is COCCNC(=O)c1cc(NC(=O)C(C)(C)C)ccc1N1CCN(c2ccccc2OC)CC1. The van der Waals surface area contributed by atoms with Crippen LogP contribution in [0.4, 0.5) is 17.1 Å². The van der Waals surface area contributed by atoms with Gasteiger partial charge in [-0.3, -0.25) is 9.59 Å². The average molecular weight is 469 g/mol. The van der Waals surface area contributed by atoms with Crippen LogP contribution in [0.15, 0.2) is 42.5 Å². The number of piperazine rings is 1. The van der Waals surface area contributed by atoms with E-state index < -0.39 is 5.41 Å². The number of rotatable bonds is 8. The van der Waals surface area contributed by atoms with Crippen LogP contribution in [0.1, 0.15) is 31.1 Å². The molecule has 1 aliphatic heterocycles. The summed E-state index contributed by atoms with van der Waals surface area (Å²) in [5, 5.41) is 5.84. The fraction of sp³-hybridized carbons (Fsp3) is 0.462. The third-order valence-corrected chi connectivity index (χ3v) is 5.82. The van der Waals surface area contributed by atoms with Crippen LogP contribution in [0, 0.1) is 5.41 Å². The van der Waals surface area contributed by atoms with Crippen molar-refractivity contribution >= 4 is 28.9 Å². The van der Waals surface area contributed by atoms with Gasteiger partial charge in [-0.05, 0) is 30.3 Å². The van der Waals surface area contributed by atoms with Crippen molar-refractivity contribution in [2.24, 2.45) is 5.41 Å². The van der Waals surface area contributed by atoms with Crippen molar-refractivity contribution in [1.82, 2.24) is 5.32 Å². The Morgan fingerprint density at radius 2 is 1.59 bits per heavy atom. The zero-order chi connectivity index (χ0) is 24.7. The number of amides is 2. The number of hydrogen-bond donors (Lipinski definition) is 2.